The summed E-state index contributed by atoms with van der Waals surface area (Å²) in [5.74, 6) is -0.359. The number of sulfonamides is 1. The molecule has 0 saturated heterocycles. The van der Waals surface area contributed by atoms with E-state index in [4.69, 9.17) is 0 Å². The highest BCUT2D eigenvalue weighted by atomic mass is 79.9. The van der Waals surface area contributed by atoms with Gasteiger partial charge in [-0.3, -0.25) is 4.79 Å². The predicted octanol–water partition coefficient (Wildman–Crippen LogP) is 4.02. The van der Waals surface area contributed by atoms with Gasteiger partial charge in [0, 0.05) is 17.6 Å². The van der Waals surface area contributed by atoms with Gasteiger partial charge in [0.15, 0.2) is 0 Å². The van der Waals surface area contributed by atoms with Gasteiger partial charge in [-0.1, -0.05) is 26.0 Å². The van der Waals surface area contributed by atoms with Crippen LogP contribution in [0.1, 0.15) is 29.2 Å². The minimum atomic E-state index is -3.64. The number of hydrogen-bond acceptors (Lipinski definition) is 5. The fourth-order valence-electron chi connectivity index (χ4n) is 2.80. The maximum Gasteiger partial charge on any atom is 0.252 e. The number of nitrogens with one attached hydrogen (secondary N) is 1. The molecule has 0 radical (unpaired) electrons. The first-order valence-corrected chi connectivity index (χ1v) is 11.8. The van der Waals surface area contributed by atoms with E-state index in [0.717, 1.165) is 15.2 Å². The number of rotatable bonds is 7. The summed E-state index contributed by atoms with van der Waals surface area (Å²) in [5, 5.41) is 3.61. The van der Waals surface area contributed by atoms with E-state index in [1.807, 2.05) is 24.3 Å². The number of carbonyl (C=O) groups excluding carboxylic acids is 1. The van der Waals surface area contributed by atoms with Crippen LogP contribution in [0.3, 0.4) is 0 Å². The van der Waals surface area contributed by atoms with Crippen LogP contribution in [0.4, 0.5) is 0 Å². The van der Waals surface area contributed by atoms with E-state index in [1.165, 1.54) is 27.8 Å². The largest absolute Gasteiger partial charge is 0.345 e. The van der Waals surface area contributed by atoms with E-state index >= 15 is 0 Å². The summed E-state index contributed by atoms with van der Waals surface area (Å²) in [6, 6.07) is 12.3. The van der Waals surface area contributed by atoms with Crippen LogP contribution < -0.4 is 5.32 Å². The topological polar surface area (TPSA) is 79.4 Å². The first-order chi connectivity index (χ1) is 13.4. The summed E-state index contributed by atoms with van der Waals surface area (Å²) in [6.07, 6.45) is 0. The molecule has 9 heteroatoms. The molecule has 3 aromatic rings. The smallest absolute Gasteiger partial charge is 0.252 e. The molecule has 0 aliphatic carbocycles. The van der Waals surface area contributed by atoms with E-state index in [-0.39, 0.29) is 22.9 Å². The molecular weight excluding hydrogens is 462 g/mol. The number of para-hydroxylation sites is 1. The van der Waals surface area contributed by atoms with Crippen LogP contribution in [0, 0.1) is 0 Å². The molecule has 0 unspecified atom stereocenters. The zero-order valence-electron chi connectivity index (χ0n) is 15.5. The number of amides is 1. The lowest BCUT2D eigenvalue weighted by Gasteiger charge is -2.19. The van der Waals surface area contributed by atoms with Crippen LogP contribution in [0.25, 0.3) is 10.2 Å². The Kier molecular flexibility index (Phi) is 6.49. The molecule has 148 valence electrons. The molecule has 3 rings (SSSR count). The van der Waals surface area contributed by atoms with Crippen molar-refractivity contribution in [2.45, 2.75) is 25.3 Å². The zero-order chi connectivity index (χ0) is 20.3. The molecule has 0 aliphatic heterocycles. The highest BCUT2D eigenvalue weighted by Gasteiger charge is 2.23. The van der Waals surface area contributed by atoms with Crippen LogP contribution in [0.2, 0.25) is 0 Å². The van der Waals surface area contributed by atoms with Crippen LogP contribution in [-0.4, -0.2) is 36.7 Å². The average Bonchev–Trinajstić information content (AvgIpc) is 3.10. The molecule has 1 aromatic heterocycles. The predicted molar refractivity (Wildman–Crippen MR) is 115 cm³/mol. The molecular formula is C19H20BrN3O3S2. The monoisotopic (exact) mass is 481 g/mol. The average molecular weight is 482 g/mol. The summed E-state index contributed by atoms with van der Waals surface area (Å²) in [6.45, 7) is 4.58. The van der Waals surface area contributed by atoms with Crippen molar-refractivity contribution in [2.24, 2.45) is 0 Å². The zero-order valence-corrected chi connectivity index (χ0v) is 18.7. The highest BCUT2D eigenvalue weighted by Crippen LogP contribution is 2.24. The third-order valence-corrected chi connectivity index (χ3v) is 8.04. The Morgan fingerprint density at radius 2 is 1.89 bits per heavy atom. The van der Waals surface area contributed by atoms with Crippen LogP contribution in [0.15, 0.2) is 51.8 Å². The van der Waals surface area contributed by atoms with Crippen molar-refractivity contribution in [1.82, 2.24) is 14.6 Å². The molecule has 6 nitrogen and oxygen atoms in total. The quantitative estimate of drug-likeness (QED) is 0.552. The number of hydrogen-bond donors (Lipinski definition) is 1. The Labute approximate surface area is 176 Å². The van der Waals surface area contributed by atoms with E-state index in [9.17, 15) is 13.2 Å². The summed E-state index contributed by atoms with van der Waals surface area (Å²) in [4.78, 5) is 17.3. The second-order valence-electron chi connectivity index (χ2n) is 5.99. The van der Waals surface area contributed by atoms with Gasteiger partial charge in [0.1, 0.15) is 5.01 Å². The normalized spacial score (nSPS) is 11.9. The maximum atomic E-state index is 12.7. The number of thiazole rings is 1. The van der Waals surface area contributed by atoms with Crippen molar-refractivity contribution in [1.29, 1.82) is 0 Å². The Morgan fingerprint density at radius 1 is 1.18 bits per heavy atom. The Hall–Kier alpha value is -1.81. The van der Waals surface area contributed by atoms with Gasteiger partial charge in [-0.05, 0) is 46.3 Å². The number of benzene rings is 2. The fraction of sp³-hybridized carbons (Fsp3) is 0.263. The van der Waals surface area contributed by atoms with Gasteiger partial charge in [0.05, 0.1) is 27.2 Å². The minimum Gasteiger partial charge on any atom is -0.345 e. The second-order valence-corrected chi connectivity index (χ2v) is 9.90. The summed E-state index contributed by atoms with van der Waals surface area (Å²) in [7, 11) is -3.64. The first kappa shape index (κ1) is 20.9. The van der Waals surface area contributed by atoms with Gasteiger partial charge >= 0.3 is 0 Å². The van der Waals surface area contributed by atoms with Gasteiger partial charge < -0.3 is 5.32 Å². The van der Waals surface area contributed by atoms with Crippen LogP contribution in [-0.2, 0) is 16.6 Å². The van der Waals surface area contributed by atoms with Crippen LogP contribution in [0.5, 0.6) is 0 Å². The summed E-state index contributed by atoms with van der Waals surface area (Å²) in [5.41, 5.74) is 1.17. The number of carbonyl (C=O) groups is 1. The second kappa shape index (κ2) is 8.69. The molecule has 0 fully saturated rings. The van der Waals surface area contributed by atoms with Crippen molar-refractivity contribution in [3.05, 3.63) is 57.5 Å². The standard InChI is InChI=1S/C19H20BrN3O3S2/c1-3-23(4-2)28(25,26)13-9-10-15(20)14(11-13)19(24)21-12-18-22-16-7-5-6-8-17(16)27-18/h5-11H,3-4,12H2,1-2H3,(H,21,24). The molecule has 0 aliphatic rings. The first-order valence-electron chi connectivity index (χ1n) is 8.79. The lowest BCUT2D eigenvalue weighted by atomic mass is 10.2. The molecule has 1 amide bonds. The molecule has 0 saturated carbocycles. The molecule has 1 N–H and O–H groups in total. The lowest BCUT2D eigenvalue weighted by Crippen LogP contribution is -2.31. The Balaban J connectivity index is 1.81. The molecule has 0 bridgehead atoms. The molecule has 1 heterocycles. The van der Waals surface area contributed by atoms with E-state index in [2.05, 4.69) is 26.2 Å². The van der Waals surface area contributed by atoms with Crippen molar-refractivity contribution >= 4 is 53.4 Å². The van der Waals surface area contributed by atoms with Crippen molar-refractivity contribution in [3.63, 3.8) is 0 Å². The number of fused-ring (bicyclic) bond motifs is 1. The van der Waals surface area contributed by atoms with E-state index in [1.54, 1.807) is 19.9 Å². The van der Waals surface area contributed by atoms with E-state index < -0.39 is 10.0 Å². The highest BCUT2D eigenvalue weighted by molar-refractivity contribution is 9.10. The van der Waals surface area contributed by atoms with Gasteiger partial charge in [0.2, 0.25) is 10.0 Å². The summed E-state index contributed by atoms with van der Waals surface area (Å²) < 4.78 is 28.4. The van der Waals surface area contributed by atoms with Gasteiger partial charge in [-0.2, -0.15) is 4.31 Å². The molecule has 28 heavy (non-hydrogen) atoms. The van der Waals surface area contributed by atoms with Crippen molar-refractivity contribution in [2.75, 3.05) is 13.1 Å². The summed E-state index contributed by atoms with van der Waals surface area (Å²) >= 11 is 4.86. The molecule has 0 atom stereocenters. The number of nitrogens with zero attached hydrogens (tertiary/aromatic N) is 2. The van der Waals surface area contributed by atoms with Gasteiger partial charge in [-0.15, -0.1) is 11.3 Å². The Morgan fingerprint density at radius 3 is 2.57 bits per heavy atom. The number of aromatic nitrogens is 1. The number of halogens is 1. The lowest BCUT2D eigenvalue weighted by molar-refractivity contribution is 0.0950. The molecule has 2 aromatic carbocycles. The fourth-order valence-corrected chi connectivity index (χ4v) is 5.62. The van der Waals surface area contributed by atoms with Crippen molar-refractivity contribution in [3.8, 4) is 0 Å². The molecule has 0 spiro atoms. The minimum absolute atomic E-state index is 0.101. The van der Waals surface area contributed by atoms with Gasteiger partial charge in [0.25, 0.3) is 5.91 Å². The maximum absolute atomic E-state index is 12.7. The van der Waals surface area contributed by atoms with Gasteiger partial charge in [-0.25, -0.2) is 13.4 Å². The SMILES string of the molecule is CCN(CC)S(=O)(=O)c1ccc(Br)c(C(=O)NCc2nc3ccccc3s2)c1. The Bertz CT molecular complexity index is 1080. The van der Waals surface area contributed by atoms with E-state index in [0.29, 0.717) is 17.6 Å². The third kappa shape index (κ3) is 4.27. The third-order valence-electron chi connectivity index (χ3n) is 4.26. The van der Waals surface area contributed by atoms with Crippen LogP contribution >= 0.6 is 27.3 Å². The van der Waals surface area contributed by atoms with Crippen molar-refractivity contribution < 1.29 is 13.2 Å².